The normalized spacial score (nSPS) is 13.9. The van der Waals surface area contributed by atoms with Crippen LogP contribution in [0.25, 0.3) is 0 Å². The van der Waals surface area contributed by atoms with E-state index < -0.39 is 41.0 Å². The molecule has 0 radical (unpaired) electrons. The number of benzene rings is 2. The zero-order chi connectivity index (χ0) is 40.9. The van der Waals surface area contributed by atoms with E-state index in [1.165, 1.54) is 38.1 Å². The number of carbonyl (C=O) groups is 2. The quantitative estimate of drug-likeness (QED) is 0.113. The zero-order valence-corrected chi connectivity index (χ0v) is 34.9. The van der Waals surface area contributed by atoms with E-state index in [2.05, 4.69) is 55.3 Å². The predicted molar refractivity (Wildman–Crippen MR) is 210 cm³/mol. The second kappa shape index (κ2) is 19.5. The smallest absolute Gasteiger partial charge is 0.283 e. The molecule has 1 amide bonds. The average Bonchev–Trinajstić information content (AvgIpc) is 4.04. The number of rotatable bonds is 12. The van der Waals surface area contributed by atoms with E-state index in [0.717, 1.165) is 50.9 Å². The van der Waals surface area contributed by atoms with Crippen molar-refractivity contribution in [3.63, 3.8) is 0 Å². The topological polar surface area (TPSA) is 85.1 Å². The highest BCUT2D eigenvalue weighted by Crippen LogP contribution is 2.36. The fourth-order valence-corrected chi connectivity index (χ4v) is 6.98. The molecule has 1 N–H and O–H groups in total. The van der Waals surface area contributed by atoms with Crippen molar-refractivity contribution in [2.75, 3.05) is 0 Å². The molecule has 2 heterocycles. The van der Waals surface area contributed by atoms with Gasteiger partial charge in [-0.2, -0.15) is 10.2 Å². The Morgan fingerprint density at radius 2 is 1.22 bits per heavy atom. The van der Waals surface area contributed by atoms with E-state index in [1.54, 1.807) is 4.90 Å². The Morgan fingerprint density at radius 1 is 0.764 bits per heavy atom. The summed E-state index contributed by atoms with van der Waals surface area (Å²) >= 11 is 28.9. The van der Waals surface area contributed by atoms with E-state index in [9.17, 15) is 27.2 Å². The van der Waals surface area contributed by atoms with Crippen LogP contribution in [0.2, 0.25) is 20.4 Å². The van der Waals surface area contributed by atoms with Crippen molar-refractivity contribution in [2.45, 2.75) is 103 Å². The van der Waals surface area contributed by atoms with Crippen molar-refractivity contribution in [1.29, 1.82) is 0 Å². The molecule has 17 heteroatoms. The lowest BCUT2D eigenvalue weighted by Crippen LogP contribution is -2.33. The summed E-state index contributed by atoms with van der Waals surface area (Å²) in [5.41, 5.74) is 2.84. The summed E-state index contributed by atoms with van der Waals surface area (Å²) in [6.45, 7) is 9.82. The third-order valence-electron chi connectivity index (χ3n) is 9.03. The Morgan fingerprint density at radius 3 is 1.64 bits per heavy atom. The largest absolute Gasteiger partial charge is 0.331 e. The average molecular weight is 869 g/mol. The number of hydrogen-bond donors (Lipinski definition) is 1. The summed E-state index contributed by atoms with van der Waals surface area (Å²) in [6.07, 6.45) is -1.40. The van der Waals surface area contributed by atoms with Crippen LogP contribution in [-0.4, -0.2) is 47.7 Å². The van der Waals surface area contributed by atoms with Gasteiger partial charge in [-0.15, -0.1) is 0 Å². The number of aromatic nitrogens is 4. The van der Waals surface area contributed by atoms with Crippen LogP contribution >= 0.6 is 58.0 Å². The van der Waals surface area contributed by atoms with E-state index in [1.807, 2.05) is 24.3 Å². The van der Waals surface area contributed by atoms with Gasteiger partial charge in [0.05, 0.1) is 0 Å². The maximum Gasteiger partial charge on any atom is 0.283 e. The summed E-state index contributed by atoms with van der Waals surface area (Å²) in [7, 11) is 2.79. The molecule has 2 aromatic carbocycles. The maximum absolute atomic E-state index is 13.4. The Balaban J connectivity index is 0.000000202. The van der Waals surface area contributed by atoms with Gasteiger partial charge in [-0.1, -0.05) is 86.2 Å². The molecule has 0 unspecified atom stereocenters. The molecule has 0 saturated heterocycles. The predicted octanol–water partition coefficient (Wildman–Crippen LogP) is 11.7. The Bertz CT molecular complexity index is 1980. The van der Waals surface area contributed by atoms with Gasteiger partial charge in [-0.25, -0.2) is 17.6 Å². The van der Waals surface area contributed by atoms with Gasteiger partial charge >= 0.3 is 0 Å². The fourth-order valence-electron chi connectivity index (χ4n) is 5.92. The van der Waals surface area contributed by atoms with E-state index in [-0.39, 0.29) is 27.8 Å². The number of halogens is 9. The van der Waals surface area contributed by atoms with E-state index in [4.69, 9.17) is 58.0 Å². The number of carbonyl (C=O) groups excluding carboxylic acids is 2. The van der Waals surface area contributed by atoms with Crippen LogP contribution in [0, 0.1) is 0 Å². The van der Waals surface area contributed by atoms with Gasteiger partial charge < -0.3 is 10.2 Å². The number of aryl methyl sites for hydroxylation is 2. The van der Waals surface area contributed by atoms with Crippen molar-refractivity contribution in [1.82, 2.24) is 29.8 Å². The van der Waals surface area contributed by atoms with E-state index >= 15 is 0 Å². The standard InChI is InChI=1S/C19H21Cl2F2N3O.C13H18ClN.C6H4Cl2F2N2O/c1-10(2)14-7-4-12(20)8-11(14)9-26(13-5-6-13)19(27)15-16(18(22)23)24-25(3)17(15)21;1-9(2)13-6-3-11(14)7-10(13)8-15-12-4-5-12;1-12-4(7)2(5(8)13)3(11-12)6(9)10/h4,7-8,10,13,18H,5-6,9H2,1-3H3;3,6-7,9,12,15H,4-5,8H2,1-2H3;6H,1H3. The number of amides is 1. The van der Waals surface area contributed by atoms with Crippen LogP contribution in [0.4, 0.5) is 17.6 Å². The van der Waals surface area contributed by atoms with Crippen molar-refractivity contribution in [2.24, 2.45) is 14.1 Å². The molecule has 2 fully saturated rings. The van der Waals surface area contributed by atoms with Crippen LogP contribution in [0.15, 0.2) is 36.4 Å². The molecule has 55 heavy (non-hydrogen) atoms. The summed E-state index contributed by atoms with van der Waals surface area (Å²) in [6, 6.07) is 12.6. The van der Waals surface area contributed by atoms with Gasteiger partial charge in [0.15, 0.2) is 0 Å². The second-order valence-electron chi connectivity index (χ2n) is 14.0. The Hall–Kier alpha value is -2.87. The molecule has 2 saturated carbocycles. The summed E-state index contributed by atoms with van der Waals surface area (Å²) in [4.78, 5) is 25.5. The second-order valence-corrected chi connectivity index (χ2v) is 16.0. The minimum Gasteiger partial charge on any atom is -0.331 e. The van der Waals surface area contributed by atoms with Crippen LogP contribution in [0.5, 0.6) is 0 Å². The van der Waals surface area contributed by atoms with E-state index in [0.29, 0.717) is 17.5 Å². The Kier molecular flexibility index (Phi) is 15.9. The zero-order valence-electron chi connectivity index (χ0n) is 31.1. The van der Waals surface area contributed by atoms with Crippen LogP contribution in [0.1, 0.15) is 132 Å². The third kappa shape index (κ3) is 11.8. The molecular weight excluding hydrogens is 826 g/mol. The van der Waals surface area contributed by atoms with Gasteiger partial charge in [0, 0.05) is 49.3 Å². The minimum atomic E-state index is -2.87. The van der Waals surface area contributed by atoms with Crippen molar-refractivity contribution < 1.29 is 27.2 Å². The molecule has 300 valence electrons. The SMILES string of the molecule is CC(C)c1ccc(Cl)cc1CN(C(=O)c1c(C(F)F)nn(C)c1Cl)C1CC1.CC(C)c1ccc(Cl)cc1CNC1CC1.Cn1nc(C(F)F)c(C(=O)Cl)c1Cl. The number of nitrogens with one attached hydrogen (secondary N) is 1. The molecule has 8 nitrogen and oxygen atoms in total. The Labute approximate surface area is 343 Å². The summed E-state index contributed by atoms with van der Waals surface area (Å²) in [5.74, 6) is 0.297. The first-order valence-corrected chi connectivity index (χ1v) is 19.5. The molecule has 4 aromatic rings. The van der Waals surface area contributed by atoms with Gasteiger partial charge in [-0.3, -0.25) is 19.0 Å². The van der Waals surface area contributed by atoms with Crippen molar-refractivity contribution >= 4 is 69.2 Å². The first-order valence-electron chi connectivity index (χ1n) is 17.6. The van der Waals surface area contributed by atoms with Gasteiger partial charge in [-0.05, 0) is 95.6 Å². The summed E-state index contributed by atoms with van der Waals surface area (Å²) in [5, 5.41) is 10.7. The maximum atomic E-state index is 13.4. The molecule has 6 rings (SSSR count). The molecule has 0 bridgehead atoms. The highest BCUT2D eigenvalue weighted by molar-refractivity contribution is 6.68. The fraction of sp³-hybridized carbons (Fsp3) is 0.474. The van der Waals surface area contributed by atoms with Crippen molar-refractivity contribution in [3.05, 3.63) is 102 Å². The molecule has 0 spiro atoms. The number of alkyl halides is 4. The van der Waals surface area contributed by atoms with Crippen LogP contribution in [-0.2, 0) is 27.2 Å². The number of nitrogens with zero attached hydrogens (tertiary/aromatic N) is 5. The van der Waals surface area contributed by atoms with Gasteiger partial charge in [0.2, 0.25) is 0 Å². The molecule has 2 aromatic heterocycles. The van der Waals surface area contributed by atoms with Gasteiger partial charge in [0.1, 0.15) is 32.8 Å². The highest BCUT2D eigenvalue weighted by Gasteiger charge is 2.38. The lowest BCUT2D eigenvalue weighted by Gasteiger charge is -2.25. The first-order chi connectivity index (χ1) is 25.8. The molecule has 0 aliphatic heterocycles. The lowest BCUT2D eigenvalue weighted by atomic mass is 9.96. The number of hydrogen-bond acceptors (Lipinski definition) is 5. The minimum absolute atomic E-state index is 0.0123. The molecule has 0 atom stereocenters. The van der Waals surface area contributed by atoms with Crippen LogP contribution in [0.3, 0.4) is 0 Å². The van der Waals surface area contributed by atoms with Crippen LogP contribution < -0.4 is 5.32 Å². The first kappa shape index (κ1) is 44.8. The van der Waals surface area contributed by atoms with Gasteiger partial charge in [0.25, 0.3) is 24.0 Å². The van der Waals surface area contributed by atoms with Crippen molar-refractivity contribution in [3.8, 4) is 0 Å². The monoisotopic (exact) mass is 866 g/mol. The third-order valence-corrected chi connectivity index (χ3v) is 10.6. The highest BCUT2D eigenvalue weighted by atomic mass is 35.5. The molecule has 2 aliphatic carbocycles. The summed E-state index contributed by atoms with van der Waals surface area (Å²) < 4.78 is 53.3. The molecular formula is C38H43Cl5F4N6O2. The molecule has 2 aliphatic rings. The lowest BCUT2D eigenvalue weighted by molar-refractivity contribution is 0.0717.